The maximum absolute atomic E-state index is 13.3. The number of carbonyl (C=O) groups excluding carboxylic acids is 2. The summed E-state index contributed by atoms with van der Waals surface area (Å²) in [6.45, 7) is 5.31. The van der Waals surface area contributed by atoms with Gasteiger partial charge in [0.1, 0.15) is 0 Å². The van der Waals surface area contributed by atoms with Gasteiger partial charge in [0.2, 0.25) is 5.91 Å². The lowest BCUT2D eigenvalue weighted by atomic mass is 10.1. The molecule has 0 saturated heterocycles. The zero-order valence-electron chi connectivity index (χ0n) is 18.0. The van der Waals surface area contributed by atoms with Crippen molar-refractivity contribution < 1.29 is 22.8 Å². The summed E-state index contributed by atoms with van der Waals surface area (Å²) >= 11 is 6.09. The van der Waals surface area contributed by atoms with Crippen LogP contribution in [0.1, 0.15) is 41.2 Å². The molecule has 3 rings (SSSR count). The van der Waals surface area contributed by atoms with Crippen LogP contribution in [0.15, 0.2) is 42.6 Å². The van der Waals surface area contributed by atoms with Gasteiger partial charge in [-0.05, 0) is 50.6 Å². The van der Waals surface area contributed by atoms with Crippen LogP contribution in [-0.2, 0) is 17.4 Å². The van der Waals surface area contributed by atoms with E-state index < -0.39 is 24.2 Å². The smallest absolute Gasteiger partial charge is 0.350 e. The number of aryl methyl sites for hydroxylation is 1. The van der Waals surface area contributed by atoms with Gasteiger partial charge in [0, 0.05) is 12.2 Å². The van der Waals surface area contributed by atoms with E-state index in [9.17, 15) is 22.8 Å². The van der Waals surface area contributed by atoms with Crippen molar-refractivity contribution in [3.05, 3.63) is 70.1 Å². The molecule has 2 heterocycles. The number of hydrogen-bond donors (Lipinski definition) is 2. The zero-order chi connectivity index (χ0) is 24.3. The highest BCUT2D eigenvalue weighted by Crippen LogP contribution is 2.31. The van der Waals surface area contributed by atoms with E-state index in [0.717, 1.165) is 10.7 Å². The summed E-state index contributed by atoms with van der Waals surface area (Å²) in [7, 11) is 0. The summed E-state index contributed by atoms with van der Waals surface area (Å²) in [5.41, 5.74) is -0.105. The summed E-state index contributed by atoms with van der Waals surface area (Å²) in [6.07, 6.45) is -3.83. The lowest BCUT2D eigenvalue weighted by Crippen LogP contribution is -2.31. The fourth-order valence-corrected chi connectivity index (χ4v) is 3.31. The third-order valence-corrected chi connectivity index (χ3v) is 4.85. The Labute approximate surface area is 193 Å². The molecule has 33 heavy (non-hydrogen) atoms. The van der Waals surface area contributed by atoms with Gasteiger partial charge in [-0.3, -0.25) is 9.59 Å². The van der Waals surface area contributed by atoms with E-state index in [2.05, 4.69) is 20.7 Å². The van der Waals surface area contributed by atoms with Gasteiger partial charge >= 0.3 is 6.18 Å². The number of para-hydroxylation sites is 1. The molecule has 0 fully saturated rings. The molecule has 0 unspecified atom stereocenters. The molecule has 174 valence electrons. The van der Waals surface area contributed by atoms with Crippen molar-refractivity contribution in [2.24, 2.45) is 0 Å². The minimum Gasteiger partial charge on any atom is -0.350 e. The average Bonchev–Trinajstić information content (AvgIpc) is 3.13. The second kappa shape index (κ2) is 9.62. The van der Waals surface area contributed by atoms with Gasteiger partial charge in [-0.2, -0.15) is 18.3 Å². The standard InChI is InChI=1S/C22H21ClF3N5O2/c1-12(2)28-21(33)15-7-4-6-13(3)19(15)29-18(32)11-14-10-17(22(24,25)26)30-31(14)20-16(23)8-5-9-27-20/h4-10,12H,11H2,1-3H3,(H,28,33)(H,29,32). The molecule has 0 spiro atoms. The van der Waals surface area contributed by atoms with E-state index in [-0.39, 0.29) is 39.7 Å². The van der Waals surface area contributed by atoms with Crippen LogP contribution in [0, 0.1) is 6.92 Å². The maximum Gasteiger partial charge on any atom is 0.435 e. The van der Waals surface area contributed by atoms with Crippen molar-refractivity contribution in [2.75, 3.05) is 5.32 Å². The van der Waals surface area contributed by atoms with Crippen LogP contribution in [0.25, 0.3) is 5.82 Å². The van der Waals surface area contributed by atoms with Crippen LogP contribution in [0.2, 0.25) is 5.02 Å². The number of pyridine rings is 1. The van der Waals surface area contributed by atoms with Crippen LogP contribution in [0.4, 0.5) is 18.9 Å². The number of hydrogen-bond acceptors (Lipinski definition) is 4. The molecule has 0 aliphatic rings. The number of nitrogens with zero attached hydrogens (tertiary/aromatic N) is 3. The van der Waals surface area contributed by atoms with E-state index >= 15 is 0 Å². The first-order chi connectivity index (χ1) is 15.5. The second-order valence-corrected chi connectivity index (χ2v) is 8.00. The monoisotopic (exact) mass is 479 g/mol. The van der Waals surface area contributed by atoms with E-state index in [0.29, 0.717) is 5.56 Å². The molecule has 3 aromatic rings. The number of alkyl halides is 3. The molecule has 0 radical (unpaired) electrons. The SMILES string of the molecule is Cc1cccc(C(=O)NC(C)C)c1NC(=O)Cc1cc(C(F)(F)F)nn1-c1ncccc1Cl. The summed E-state index contributed by atoms with van der Waals surface area (Å²) in [5.74, 6) is -1.05. The van der Waals surface area contributed by atoms with Gasteiger partial charge in [-0.1, -0.05) is 23.7 Å². The predicted octanol–water partition coefficient (Wildman–Crippen LogP) is 4.57. The Balaban J connectivity index is 1.94. The molecule has 2 aromatic heterocycles. The highest BCUT2D eigenvalue weighted by atomic mass is 35.5. The van der Waals surface area contributed by atoms with Crippen molar-refractivity contribution in [1.29, 1.82) is 0 Å². The van der Waals surface area contributed by atoms with Crippen molar-refractivity contribution in [3.63, 3.8) is 0 Å². The third-order valence-electron chi connectivity index (χ3n) is 4.56. The number of rotatable bonds is 6. The topological polar surface area (TPSA) is 88.9 Å². The van der Waals surface area contributed by atoms with Gasteiger partial charge < -0.3 is 10.6 Å². The molecule has 0 aliphatic carbocycles. The van der Waals surface area contributed by atoms with Crippen LogP contribution in [0.3, 0.4) is 0 Å². The fourth-order valence-electron chi connectivity index (χ4n) is 3.11. The number of amides is 2. The molecule has 2 N–H and O–H groups in total. The molecular weight excluding hydrogens is 459 g/mol. The second-order valence-electron chi connectivity index (χ2n) is 7.59. The average molecular weight is 480 g/mol. The van der Waals surface area contributed by atoms with Gasteiger partial charge in [-0.15, -0.1) is 0 Å². The Bertz CT molecular complexity index is 1190. The van der Waals surface area contributed by atoms with Crippen LogP contribution >= 0.6 is 11.6 Å². The molecule has 11 heteroatoms. The van der Waals surface area contributed by atoms with E-state index in [1.54, 1.807) is 39.0 Å². The molecule has 1 aromatic carbocycles. The molecule has 0 aliphatic heterocycles. The first kappa shape index (κ1) is 24.2. The molecule has 0 atom stereocenters. The van der Waals surface area contributed by atoms with Crippen molar-refractivity contribution in [3.8, 4) is 5.82 Å². The summed E-state index contributed by atoms with van der Waals surface area (Å²) in [5, 5.41) is 9.04. The van der Waals surface area contributed by atoms with Gasteiger partial charge in [-0.25, -0.2) is 9.67 Å². The number of halogens is 4. The number of anilines is 1. The highest BCUT2D eigenvalue weighted by molar-refractivity contribution is 6.32. The van der Waals surface area contributed by atoms with Crippen molar-refractivity contribution >= 4 is 29.1 Å². The Hall–Kier alpha value is -3.40. The lowest BCUT2D eigenvalue weighted by Gasteiger charge is -2.15. The molecule has 0 bridgehead atoms. The summed E-state index contributed by atoms with van der Waals surface area (Å²) in [6, 6.07) is 8.56. The lowest BCUT2D eigenvalue weighted by molar-refractivity contribution is -0.141. The van der Waals surface area contributed by atoms with E-state index in [1.165, 1.54) is 18.3 Å². The normalized spacial score (nSPS) is 11.5. The zero-order valence-corrected chi connectivity index (χ0v) is 18.8. The third kappa shape index (κ3) is 5.70. The van der Waals surface area contributed by atoms with E-state index in [1.807, 2.05) is 0 Å². The largest absolute Gasteiger partial charge is 0.435 e. The van der Waals surface area contributed by atoms with Gasteiger partial charge in [0.15, 0.2) is 11.5 Å². The predicted molar refractivity (Wildman–Crippen MR) is 117 cm³/mol. The Morgan fingerprint density at radius 1 is 1.18 bits per heavy atom. The summed E-state index contributed by atoms with van der Waals surface area (Å²) in [4.78, 5) is 29.4. The minimum atomic E-state index is -4.73. The van der Waals surface area contributed by atoms with Crippen LogP contribution in [0.5, 0.6) is 0 Å². The van der Waals surface area contributed by atoms with Gasteiger partial charge in [0.25, 0.3) is 5.91 Å². The quantitative estimate of drug-likeness (QED) is 0.542. The van der Waals surface area contributed by atoms with Crippen molar-refractivity contribution in [1.82, 2.24) is 20.1 Å². The highest BCUT2D eigenvalue weighted by Gasteiger charge is 2.35. The van der Waals surface area contributed by atoms with Crippen LogP contribution in [-0.4, -0.2) is 32.6 Å². The number of benzene rings is 1. The first-order valence-corrected chi connectivity index (χ1v) is 10.3. The minimum absolute atomic E-state index is 0.0367. The first-order valence-electron chi connectivity index (χ1n) is 9.94. The van der Waals surface area contributed by atoms with Gasteiger partial charge in [0.05, 0.1) is 28.4 Å². The molecule has 7 nitrogen and oxygen atoms in total. The molecule has 0 saturated carbocycles. The van der Waals surface area contributed by atoms with E-state index in [4.69, 9.17) is 11.6 Å². The Morgan fingerprint density at radius 2 is 1.91 bits per heavy atom. The molecule has 2 amide bonds. The maximum atomic E-state index is 13.3. The number of carbonyl (C=O) groups is 2. The summed E-state index contributed by atoms with van der Waals surface area (Å²) < 4.78 is 40.8. The Morgan fingerprint density at radius 3 is 2.55 bits per heavy atom. The van der Waals surface area contributed by atoms with Crippen LogP contribution < -0.4 is 10.6 Å². The van der Waals surface area contributed by atoms with Crippen molar-refractivity contribution in [2.45, 2.75) is 39.4 Å². The Kier molecular flexibility index (Phi) is 7.06. The molecular formula is C22H21ClF3N5O2. The fraction of sp³-hybridized carbons (Fsp3) is 0.273. The number of aromatic nitrogens is 3. The number of nitrogens with one attached hydrogen (secondary N) is 2.